The molecule has 7 rings (SSSR count). The maximum absolute atomic E-state index is 13.7. The first-order chi connectivity index (χ1) is 25.1. The molecule has 0 aromatic carbocycles. The third-order valence-electron chi connectivity index (χ3n) is 16.8. The van der Waals surface area contributed by atoms with Crippen LogP contribution in [-0.4, -0.2) is 122 Å². The predicted molar refractivity (Wildman–Crippen MR) is 192 cm³/mol. The van der Waals surface area contributed by atoms with Crippen molar-refractivity contribution in [2.45, 2.75) is 168 Å². The minimum absolute atomic E-state index is 0.00306. The lowest BCUT2D eigenvalue weighted by Gasteiger charge is -2.71. The Kier molecular flexibility index (Phi) is 10.2. The number of hydrogen-bond donors (Lipinski definition) is 7. The van der Waals surface area contributed by atoms with Crippen LogP contribution < -0.4 is 0 Å². The molecule has 0 radical (unpaired) electrons. The van der Waals surface area contributed by atoms with Crippen LogP contribution in [0.5, 0.6) is 0 Å². The van der Waals surface area contributed by atoms with Gasteiger partial charge in [0.05, 0.1) is 19.3 Å². The highest BCUT2D eigenvalue weighted by atomic mass is 16.8. The Morgan fingerprint density at radius 3 is 2.22 bits per heavy atom. The number of carboxylic acid groups (broad SMARTS) is 1. The second-order valence-corrected chi connectivity index (χ2v) is 20.2. The maximum atomic E-state index is 13.7. The van der Waals surface area contributed by atoms with E-state index in [0.29, 0.717) is 24.5 Å². The van der Waals surface area contributed by atoms with Crippen LogP contribution in [0, 0.1) is 50.2 Å². The number of Topliss-reactive ketones (excluding diaryl/α,β-unsaturated/α-hetero) is 1. The molecule has 0 amide bonds. The predicted octanol–water partition coefficient (Wildman–Crippen LogP) is 2.70. The lowest BCUT2D eigenvalue weighted by atomic mass is 9.33. The largest absolute Gasteiger partial charge is 0.479 e. The fourth-order valence-electron chi connectivity index (χ4n) is 13.2. The molecule has 0 bridgehead atoms. The maximum Gasteiger partial charge on any atom is 0.335 e. The van der Waals surface area contributed by atoms with Crippen LogP contribution in [0.2, 0.25) is 0 Å². The van der Waals surface area contributed by atoms with Crippen molar-refractivity contribution in [2.75, 3.05) is 13.2 Å². The zero-order valence-corrected chi connectivity index (χ0v) is 32.9. The molecule has 4 saturated carbocycles. The van der Waals surface area contributed by atoms with Crippen molar-refractivity contribution >= 4 is 11.8 Å². The molecule has 0 unspecified atom stereocenters. The molecular weight excluding hydrogens is 700 g/mol. The number of aliphatic hydroxyl groups excluding tert-OH is 6. The van der Waals surface area contributed by atoms with Crippen LogP contribution in [0.1, 0.15) is 106 Å². The zero-order valence-electron chi connectivity index (χ0n) is 32.9. The van der Waals surface area contributed by atoms with E-state index in [1.165, 1.54) is 5.57 Å². The molecule has 13 nitrogen and oxygen atoms in total. The number of carboxylic acids is 1. The Hall–Kier alpha value is -1.52. The number of ketones is 1. The van der Waals surface area contributed by atoms with Crippen molar-refractivity contribution in [1.82, 2.24) is 0 Å². The molecule has 306 valence electrons. The second kappa shape index (κ2) is 13.5. The van der Waals surface area contributed by atoms with Crippen molar-refractivity contribution in [3.63, 3.8) is 0 Å². The van der Waals surface area contributed by atoms with Crippen LogP contribution in [-0.2, 0) is 28.5 Å². The van der Waals surface area contributed by atoms with E-state index >= 15 is 0 Å². The summed E-state index contributed by atoms with van der Waals surface area (Å²) in [5.41, 5.74) is -0.0359. The summed E-state index contributed by atoms with van der Waals surface area (Å²) in [7, 11) is 0. The van der Waals surface area contributed by atoms with E-state index in [4.69, 9.17) is 18.9 Å². The first-order valence-corrected chi connectivity index (χ1v) is 20.1. The summed E-state index contributed by atoms with van der Waals surface area (Å²) in [6.07, 6.45) is -5.81. The third-order valence-corrected chi connectivity index (χ3v) is 16.8. The van der Waals surface area contributed by atoms with Crippen LogP contribution in [0.3, 0.4) is 0 Å². The van der Waals surface area contributed by atoms with Gasteiger partial charge in [-0.1, -0.05) is 60.1 Å². The van der Waals surface area contributed by atoms with Gasteiger partial charge in [-0.2, -0.15) is 0 Å². The topological polar surface area (TPSA) is 213 Å². The second-order valence-electron chi connectivity index (χ2n) is 20.2. The van der Waals surface area contributed by atoms with Gasteiger partial charge in [0, 0.05) is 17.3 Å². The smallest absolute Gasteiger partial charge is 0.335 e. The van der Waals surface area contributed by atoms with E-state index in [0.717, 1.165) is 44.9 Å². The Morgan fingerprint density at radius 1 is 0.852 bits per heavy atom. The van der Waals surface area contributed by atoms with E-state index < -0.39 is 72.8 Å². The monoisotopic (exact) mass is 764 g/mol. The van der Waals surface area contributed by atoms with Gasteiger partial charge in [-0.15, -0.1) is 0 Å². The molecule has 7 N–H and O–H groups in total. The number of fused-ring (bicyclic) bond motifs is 7. The Morgan fingerprint density at radius 2 is 1.56 bits per heavy atom. The standard InChI is InChI=1S/C41H64O13/c1-36(2)16-21-20-8-9-24-38(4)12-11-26(39(5,19-42)23(38)10-13-41(24,7)40(20,6)15-14-37(21,3)25(44)17-36)52-35-32(29(47)28(46)31(53-35)33(49)50)54-34-30(48)27(45)22(43)18-51-34/h8,21-24,26-32,34-35,42-43,45-48H,9-19H2,1-7H3,(H,49,50)/t21-,22-,23+,24+,26-,27-,28-,29-,30+,31-,32+,34-,35+,37+,38-,39+,40+,41+/m0/s1. The van der Waals surface area contributed by atoms with Gasteiger partial charge in [-0.05, 0) is 90.8 Å². The molecule has 7 aliphatic rings. The van der Waals surface area contributed by atoms with Gasteiger partial charge in [-0.25, -0.2) is 4.79 Å². The Balaban J connectivity index is 1.17. The molecule has 2 heterocycles. The molecule has 0 aromatic heterocycles. The molecule has 13 heteroatoms. The molecule has 0 aromatic rings. The summed E-state index contributed by atoms with van der Waals surface area (Å²) in [6, 6.07) is 0. The number of carbonyl (C=O) groups excluding carboxylic acids is 1. The lowest BCUT2D eigenvalue weighted by molar-refractivity contribution is -0.367. The van der Waals surface area contributed by atoms with E-state index in [1.807, 2.05) is 6.92 Å². The molecule has 54 heavy (non-hydrogen) atoms. The van der Waals surface area contributed by atoms with Crippen molar-refractivity contribution in [3.05, 3.63) is 11.6 Å². The average molecular weight is 765 g/mol. The van der Waals surface area contributed by atoms with Crippen molar-refractivity contribution < 1.29 is 64.3 Å². The minimum atomic E-state index is -1.92. The van der Waals surface area contributed by atoms with Crippen LogP contribution in [0.4, 0.5) is 0 Å². The number of carbonyl (C=O) groups is 2. The number of ether oxygens (including phenoxy) is 4. The molecule has 5 aliphatic carbocycles. The van der Waals surface area contributed by atoms with Crippen LogP contribution in [0.25, 0.3) is 0 Å². The summed E-state index contributed by atoms with van der Waals surface area (Å²) in [5, 5.41) is 73.9. The molecule has 2 saturated heterocycles. The summed E-state index contributed by atoms with van der Waals surface area (Å²) >= 11 is 0. The Labute approximate surface area is 318 Å². The van der Waals surface area contributed by atoms with Crippen molar-refractivity contribution in [2.24, 2.45) is 50.2 Å². The summed E-state index contributed by atoms with van der Waals surface area (Å²) in [5.74, 6) is -0.593. The fourth-order valence-corrected chi connectivity index (χ4v) is 13.2. The molecular formula is C41H64O13. The molecule has 2 aliphatic heterocycles. The van der Waals surface area contributed by atoms with E-state index in [9.17, 15) is 45.3 Å². The highest BCUT2D eigenvalue weighted by Gasteiger charge is 2.69. The minimum Gasteiger partial charge on any atom is -0.479 e. The van der Waals surface area contributed by atoms with Gasteiger partial charge >= 0.3 is 5.97 Å². The number of allylic oxidation sites excluding steroid dienone is 2. The third kappa shape index (κ3) is 5.84. The van der Waals surface area contributed by atoms with Gasteiger partial charge in [0.25, 0.3) is 0 Å². The van der Waals surface area contributed by atoms with Gasteiger partial charge in [-0.3, -0.25) is 4.79 Å². The number of aliphatic carboxylic acids is 1. The summed E-state index contributed by atoms with van der Waals surface area (Å²) in [4.78, 5) is 25.8. The number of hydrogen-bond acceptors (Lipinski definition) is 12. The van der Waals surface area contributed by atoms with Gasteiger partial charge in [0.1, 0.15) is 42.4 Å². The van der Waals surface area contributed by atoms with Gasteiger partial charge < -0.3 is 54.7 Å². The first kappa shape index (κ1) is 40.7. The van der Waals surface area contributed by atoms with Crippen LogP contribution >= 0.6 is 0 Å². The van der Waals surface area contributed by atoms with Gasteiger partial charge in [0.2, 0.25) is 0 Å². The molecule has 18 atom stereocenters. The SMILES string of the molecule is CC1(C)CC(=O)[C@]2(C)CC[C@]3(C)C(=CC[C@@H]4[C@@]5(C)CC[C@H](O[C@@H]6O[C@H](C(=O)O)[C@@H](O)[C@H](O)[C@H]6O[C@@H]6OC[C@H](O)[C@H](O)[C@H]6O)[C@](C)(CO)[C@@H]5CC[C@]43C)[C@@H]2C1. The Bertz CT molecular complexity index is 1520. The van der Waals surface area contributed by atoms with Gasteiger partial charge in [0.15, 0.2) is 18.7 Å². The average Bonchev–Trinajstić information content (AvgIpc) is 3.10. The number of aliphatic hydroxyl groups is 6. The summed E-state index contributed by atoms with van der Waals surface area (Å²) in [6.45, 7) is 15.3. The lowest BCUT2D eigenvalue weighted by Crippen LogP contribution is -2.67. The highest BCUT2D eigenvalue weighted by Crippen LogP contribution is 2.75. The first-order valence-electron chi connectivity index (χ1n) is 20.1. The normalized spacial score (nSPS) is 54.4. The molecule has 0 spiro atoms. The van der Waals surface area contributed by atoms with E-state index in [2.05, 4.69) is 47.6 Å². The van der Waals surface area contributed by atoms with E-state index in [-0.39, 0.29) is 52.1 Å². The quantitative estimate of drug-likeness (QED) is 0.153. The van der Waals surface area contributed by atoms with Crippen molar-refractivity contribution in [1.29, 1.82) is 0 Å². The zero-order chi connectivity index (χ0) is 39.6. The molecule has 6 fully saturated rings. The van der Waals surface area contributed by atoms with Crippen LogP contribution in [0.15, 0.2) is 11.6 Å². The number of rotatable bonds is 6. The fraction of sp³-hybridized carbons (Fsp3) is 0.902. The highest BCUT2D eigenvalue weighted by molar-refractivity contribution is 5.87. The van der Waals surface area contributed by atoms with Crippen molar-refractivity contribution in [3.8, 4) is 0 Å². The summed E-state index contributed by atoms with van der Waals surface area (Å²) < 4.78 is 23.7. The van der Waals surface area contributed by atoms with E-state index in [1.54, 1.807) is 0 Å².